The molecule has 0 N–H and O–H groups in total. The van der Waals surface area contributed by atoms with Crippen molar-refractivity contribution in [3.8, 4) is 0 Å². The van der Waals surface area contributed by atoms with E-state index >= 15 is 0 Å². The van der Waals surface area contributed by atoms with Crippen LogP contribution in [-0.2, 0) is 28.6 Å². The number of allylic oxidation sites excluding steroid dienone is 6. The molecule has 0 rings (SSSR count). The number of hydrogen-bond donors (Lipinski definition) is 0. The van der Waals surface area contributed by atoms with E-state index in [1.165, 1.54) is 212 Å². The summed E-state index contributed by atoms with van der Waals surface area (Å²) >= 11 is 0. The van der Waals surface area contributed by atoms with E-state index in [0.717, 1.165) is 77.0 Å². The lowest BCUT2D eigenvalue weighted by atomic mass is 10.0. The normalized spacial score (nSPS) is 12.2. The fraction of sp³-hybridized carbons (Fsp3) is 0.857. The summed E-state index contributed by atoms with van der Waals surface area (Å²) in [7, 11) is 0. The Morgan fingerprint density at radius 2 is 0.522 bits per heavy atom. The van der Waals surface area contributed by atoms with Crippen molar-refractivity contribution in [1.82, 2.24) is 0 Å². The largest absolute Gasteiger partial charge is 0.462 e. The summed E-state index contributed by atoms with van der Waals surface area (Å²) in [4.78, 5) is 38.2. The lowest BCUT2D eigenvalue weighted by molar-refractivity contribution is -0.167. The summed E-state index contributed by atoms with van der Waals surface area (Å²) < 4.78 is 16.9. The molecule has 0 aromatic carbocycles. The van der Waals surface area contributed by atoms with Crippen LogP contribution in [0.4, 0.5) is 0 Å². The third-order valence-corrected chi connectivity index (χ3v) is 13.6. The molecule has 0 bridgehead atoms. The van der Waals surface area contributed by atoms with E-state index in [1.54, 1.807) is 0 Å². The Morgan fingerprint density at radius 3 is 0.855 bits per heavy atom. The van der Waals surface area contributed by atoms with Crippen molar-refractivity contribution in [2.45, 2.75) is 335 Å². The molecule has 6 nitrogen and oxygen atoms in total. The molecule has 0 fully saturated rings. The summed E-state index contributed by atoms with van der Waals surface area (Å²) in [5.41, 5.74) is 0. The third kappa shape index (κ3) is 56.4. The molecule has 0 aromatic heterocycles. The fourth-order valence-corrected chi connectivity index (χ4v) is 9.00. The van der Waals surface area contributed by atoms with E-state index in [9.17, 15) is 14.4 Å². The maximum absolute atomic E-state index is 12.9. The van der Waals surface area contributed by atoms with Crippen LogP contribution in [0.3, 0.4) is 0 Å². The number of esters is 3. The Balaban J connectivity index is 4.32. The average molecular weight is 970 g/mol. The highest BCUT2D eigenvalue weighted by Gasteiger charge is 2.19. The molecule has 1 atom stereocenters. The highest BCUT2D eigenvalue weighted by atomic mass is 16.6. The standard InChI is InChI=1S/C63H116O6/c1-4-7-10-13-16-19-22-25-28-29-30-31-32-33-36-39-42-45-48-51-54-57-63(66)69-60(58-67-61(64)55-52-49-46-43-40-37-34-26-23-20-17-14-11-8-5-2)59-68-62(65)56-53-50-47-44-41-38-35-27-24-21-18-15-12-9-6-3/h17,20-21,24,26,34,60H,4-16,18-19,22-23,25,27-33,35-59H2,1-3H3/b20-17-,24-21-,34-26-/t60-/m1/s1. The predicted molar refractivity (Wildman–Crippen MR) is 298 cm³/mol. The van der Waals surface area contributed by atoms with Gasteiger partial charge in [-0.15, -0.1) is 0 Å². The van der Waals surface area contributed by atoms with Gasteiger partial charge in [0.05, 0.1) is 0 Å². The van der Waals surface area contributed by atoms with Crippen LogP contribution in [-0.4, -0.2) is 37.2 Å². The van der Waals surface area contributed by atoms with Crippen molar-refractivity contribution < 1.29 is 28.6 Å². The highest BCUT2D eigenvalue weighted by Crippen LogP contribution is 2.17. The van der Waals surface area contributed by atoms with Gasteiger partial charge in [0.2, 0.25) is 0 Å². The Labute approximate surface area is 429 Å². The topological polar surface area (TPSA) is 78.9 Å². The highest BCUT2D eigenvalue weighted by molar-refractivity contribution is 5.71. The van der Waals surface area contributed by atoms with E-state index in [-0.39, 0.29) is 31.1 Å². The number of hydrogen-bond acceptors (Lipinski definition) is 6. The molecule has 0 aliphatic carbocycles. The molecule has 0 saturated heterocycles. The van der Waals surface area contributed by atoms with E-state index in [0.29, 0.717) is 19.3 Å². The number of ether oxygens (including phenoxy) is 3. The van der Waals surface area contributed by atoms with Gasteiger partial charge in [0, 0.05) is 19.3 Å². The maximum Gasteiger partial charge on any atom is 0.306 e. The van der Waals surface area contributed by atoms with Crippen molar-refractivity contribution in [2.24, 2.45) is 0 Å². The molecule has 0 spiro atoms. The minimum Gasteiger partial charge on any atom is -0.462 e. The monoisotopic (exact) mass is 969 g/mol. The van der Waals surface area contributed by atoms with Crippen LogP contribution in [0.15, 0.2) is 36.5 Å². The zero-order chi connectivity index (χ0) is 50.0. The van der Waals surface area contributed by atoms with Gasteiger partial charge in [0.15, 0.2) is 6.10 Å². The molecular formula is C63H116O6. The third-order valence-electron chi connectivity index (χ3n) is 13.6. The smallest absolute Gasteiger partial charge is 0.306 e. The van der Waals surface area contributed by atoms with E-state index < -0.39 is 6.10 Å². The molecule has 0 radical (unpaired) electrons. The summed E-state index contributed by atoms with van der Waals surface area (Å²) in [6, 6.07) is 0. The quantitative estimate of drug-likeness (QED) is 0.0261. The Bertz CT molecular complexity index is 1160. The fourth-order valence-electron chi connectivity index (χ4n) is 9.00. The second-order valence-electron chi connectivity index (χ2n) is 20.6. The lowest BCUT2D eigenvalue weighted by Crippen LogP contribution is -2.30. The van der Waals surface area contributed by atoms with Crippen LogP contribution in [0.1, 0.15) is 329 Å². The van der Waals surface area contributed by atoms with Crippen LogP contribution in [0.25, 0.3) is 0 Å². The molecule has 404 valence electrons. The molecule has 0 aliphatic heterocycles. The zero-order valence-electron chi connectivity index (χ0n) is 46.3. The second kappa shape index (κ2) is 58.2. The predicted octanol–water partition coefficient (Wildman–Crippen LogP) is 20.4. The first-order valence-corrected chi connectivity index (χ1v) is 30.5. The van der Waals surface area contributed by atoms with Crippen molar-refractivity contribution in [1.29, 1.82) is 0 Å². The van der Waals surface area contributed by atoms with E-state index in [2.05, 4.69) is 57.2 Å². The number of rotatable bonds is 56. The Kier molecular flexibility index (Phi) is 56.2. The van der Waals surface area contributed by atoms with Gasteiger partial charge < -0.3 is 14.2 Å². The van der Waals surface area contributed by atoms with E-state index in [1.807, 2.05) is 0 Å². The second-order valence-corrected chi connectivity index (χ2v) is 20.6. The molecule has 0 saturated carbocycles. The summed E-state index contributed by atoms with van der Waals surface area (Å²) in [5, 5.41) is 0. The zero-order valence-corrected chi connectivity index (χ0v) is 46.3. The van der Waals surface area contributed by atoms with Gasteiger partial charge in [-0.25, -0.2) is 0 Å². The SMILES string of the molecule is CCCCC/C=C\C/C=C\CCCCCCCC(=O)OC[C@H](COC(=O)CCCCCCCCC/C=C\CCCCCC)OC(=O)CCCCCCCCCCCCCCCCCCCCCCC. The van der Waals surface area contributed by atoms with Crippen LogP contribution >= 0.6 is 0 Å². The first kappa shape index (κ1) is 66.6. The van der Waals surface area contributed by atoms with Crippen molar-refractivity contribution in [3.63, 3.8) is 0 Å². The van der Waals surface area contributed by atoms with Gasteiger partial charge in [0.25, 0.3) is 0 Å². The van der Waals surface area contributed by atoms with Crippen LogP contribution in [0, 0.1) is 0 Å². The number of carbonyl (C=O) groups excluding carboxylic acids is 3. The molecule has 0 unspecified atom stereocenters. The van der Waals surface area contributed by atoms with Gasteiger partial charge in [-0.1, -0.05) is 269 Å². The van der Waals surface area contributed by atoms with Gasteiger partial charge in [-0.3, -0.25) is 14.4 Å². The van der Waals surface area contributed by atoms with Gasteiger partial charge in [-0.05, 0) is 77.0 Å². The maximum atomic E-state index is 12.9. The molecule has 69 heavy (non-hydrogen) atoms. The van der Waals surface area contributed by atoms with Gasteiger partial charge >= 0.3 is 17.9 Å². The van der Waals surface area contributed by atoms with Crippen molar-refractivity contribution >= 4 is 17.9 Å². The van der Waals surface area contributed by atoms with Gasteiger partial charge in [-0.2, -0.15) is 0 Å². The van der Waals surface area contributed by atoms with Crippen molar-refractivity contribution in [3.05, 3.63) is 36.5 Å². The molecule has 0 aliphatic rings. The van der Waals surface area contributed by atoms with Crippen LogP contribution in [0.5, 0.6) is 0 Å². The summed E-state index contributed by atoms with van der Waals surface area (Å²) in [6.45, 7) is 6.64. The molecular weight excluding hydrogens is 853 g/mol. The summed E-state index contributed by atoms with van der Waals surface area (Å²) in [6.07, 6.45) is 70.0. The Hall–Kier alpha value is -2.37. The minimum atomic E-state index is -0.777. The first-order chi connectivity index (χ1) is 34.0. The molecule has 6 heteroatoms. The van der Waals surface area contributed by atoms with E-state index in [4.69, 9.17) is 14.2 Å². The lowest BCUT2D eigenvalue weighted by Gasteiger charge is -2.18. The minimum absolute atomic E-state index is 0.0754. The van der Waals surface area contributed by atoms with Gasteiger partial charge in [0.1, 0.15) is 13.2 Å². The average Bonchev–Trinajstić information content (AvgIpc) is 3.35. The Morgan fingerprint density at radius 1 is 0.290 bits per heavy atom. The van der Waals surface area contributed by atoms with Crippen LogP contribution in [0.2, 0.25) is 0 Å². The van der Waals surface area contributed by atoms with Crippen molar-refractivity contribution in [2.75, 3.05) is 13.2 Å². The summed E-state index contributed by atoms with van der Waals surface area (Å²) in [5.74, 6) is -0.873. The first-order valence-electron chi connectivity index (χ1n) is 30.5. The number of unbranched alkanes of at least 4 members (excludes halogenated alkanes) is 39. The number of carbonyl (C=O) groups is 3. The van der Waals surface area contributed by atoms with Crippen LogP contribution < -0.4 is 0 Å². The molecule has 0 heterocycles. The molecule has 0 aromatic rings. The molecule has 0 amide bonds.